The zero-order chi connectivity index (χ0) is 28.6. The highest BCUT2D eigenvalue weighted by atomic mass is 16.2. The van der Waals surface area contributed by atoms with Gasteiger partial charge in [0.2, 0.25) is 11.9 Å². The molecule has 2 amide bonds. The number of unbranched alkanes of at least 4 members (excludes halogenated alkanes) is 1. The number of nitrogens with one attached hydrogen (secondary N) is 4. The average Bonchev–Trinajstić information content (AvgIpc) is 2.97. The van der Waals surface area contributed by atoms with Gasteiger partial charge >= 0.3 is 0 Å². The first-order valence-corrected chi connectivity index (χ1v) is 14.2. The summed E-state index contributed by atoms with van der Waals surface area (Å²) in [5.41, 5.74) is 7.73. The van der Waals surface area contributed by atoms with Gasteiger partial charge in [-0.1, -0.05) is 48.6 Å². The van der Waals surface area contributed by atoms with Crippen molar-refractivity contribution in [3.8, 4) is 0 Å². The predicted molar refractivity (Wildman–Crippen MR) is 161 cm³/mol. The third-order valence-corrected chi connectivity index (χ3v) is 6.81. The Bertz CT molecular complexity index is 1100. The van der Waals surface area contributed by atoms with Crippen LogP contribution < -0.4 is 27.0 Å². The van der Waals surface area contributed by atoms with E-state index in [1.54, 1.807) is 12.3 Å². The number of nitrogens with two attached hydrogens (primary N) is 1. The molecule has 0 radical (unpaired) electrons. The number of likely N-dealkylation sites (tertiary alicyclic amines) is 1. The van der Waals surface area contributed by atoms with Crippen LogP contribution in [0, 0.1) is 0 Å². The Morgan fingerprint density at radius 2 is 1.93 bits per heavy atom. The summed E-state index contributed by atoms with van der Waals surface area (Å²) in [4.78, 5) is 36.6. The Morgan fingerprint density at radius 1 is 1.15 bits per heavy atom. The SMILES string of the molecule is C=CCNc1ncc(C(=O)NC2CCN(Cc3ccccc3)CC2)c(NCCCC[C@H](N)C(=O)NC/C=C\C)n1. The first-order valence-electron chi connectivity index (χ1n) is 14.2. The monoisotopic (exact) mass is 548 g/mol. The summed E-state index contributed by atoms with van der Waals surface area (Å²) < 4.78 is 0. The summed E-state index contributed by atoms with van der Waals surface area (Å²) in [6.07, 6.45) is 10.9. The van der Waals surface area contributed by atoms with Gasteiger partial charge < -0.3 is 27.0 Å². The molecule has 2 heterocycles. The molecule has 10 heteroatoms. The van der Waals surface area contributed by atoms with Gasteiger partial charge in [0, 0.05) is 51.5 Å². The highest BCUT2D eigenvalue weighted by molar-refractivity contribution is 5.98. The van der Waals surface area contributed by atoms with E-state index < -0.39 is 6.04 Å². The van der Waals surface area contributed by atoms with Gasteiger partial charge in [0.05, 0.1) is 6.04 Å². The highest BCUT2D eigenvalue weighted by Crippen LogP contribution is 2.18. The highest BCUT2D eigenvalue weighted by Gasteiger charge is 2.23. The van der Waals surface area contributed by atoms with Crippen LogP contribution in [0.2, 0.25) is 0 Å². The first-order chi connectivity index (χ1) is 19.5. The van der Waals surface area contributed by atoms with E-state index in [-0.39, 0.29) is 17.9 Å². The van der Waals surface area contributed by atoms with Gasteiger partial charge in [0.1, 0.15) is 11.4 Å². The Labute approximate surface area is 237 Å². The largest absolute Gasteiger partial charge is 0.369 e. The molecule has 1 aromatic heterocycles. The van der Waals surface area contributed by atoms with Crippen molar-refractivity contribution in [3.05, 3.63) is 72.5 Å². The summed E-state index contributed by atoms with van der Waals surface area (Å²) in [5.74, 6) is 0.575. The number of hydrogen-bond donors (Lipinski definition) is 5. The number of aromatic nitrogens is 2. The lowest BCUT2D eigenvalue weighted by Gasteiger charge is -2.32. The van der Waals surface area contributed by atoms with E-state index in [2.05, 4.69) is 67.0 Å². The minimum atomic E-state index is -0.542. The van der Waals surface area contributed by atoms with Crippen molar-refractivity contribution in [1.82, 2.24) is 25.5 Å². The van der Waals surface area contributed by atoms with Gasteiger partial charge in [-0.25, -0.2) is 4.98 Å². The van der Waals surface area contributed by atoms with Gasteiger partial charge in [0.15, 0.2) is 0 Å². The Hall–Kier alpha value is -3.76. The second kappa shape index (κ2) is 17.0. The van der Waals surface area contributed by atoms with E-state index in [0.29, 0.717) is 43.4 Å². The molecule has 3 rings (SSSR count). The van der Waals surface area contributed by atoms with Crippen LogP contribution in [0.1, 0.15) is 54.9 Å². The maximum absolute atomic E-state index is 13.2. The molecule has 2 aromatic rings. The molecular weight excluding hydrogens is 504 g/mol. The summed E-state index contributed by atoms with van der Waals surface area (Å²) in [5, 5.41) is 12.3. The molecule has 0 aliphatic carbocycles. The number of piperidine rings is 1. The molecule has 1 fully saturated rings. The van der Waals surface area contributed by atoms with E-state index in [1.165, 1.54) is 5.56 Å². The third-order valence-electron chi connectivity index (χ3n) is 6.81. The minimum Gasteiger partial charge on any atom is -0.369 e. The molecule has 1 atom stereocenters. The van der Waals surface area contributed by atoms with Crippen molar-refractivity contribution in [1.29, 1.82) is 0 Å². The van der Waals surface area contributed by atoms with Gasteiger partial charge in [-0.2, -0.15) is 4.98 Å². The first kappa shape index (κ1) is 30.8. The quantitative estimate of drug-likeness (QED) is 0.159. The molecule has 0 bridgehead atoms. The van der Waals surface area contributed by atoms with Crippen LogP contribution in [0.25, 0.3) is 0 Å². The molecule has 0 unspecified atom stereocenters. The van der Waals surface area contributed by atoms with Crippen LogP contribution >= 0.6 is 0 Å². The lowest BCUT2D eigenvalue weighted by atomic mass is 10.0. The van der Waals surface area contributed by atoms with Crippen molar-refractivity contribution in [2.24, 2.45) is 5.73 Å². The molecule has 1 aliphatic rings. The van der Waals surface area contributed by atoms with E-state index >= 15 is 0 Å². The van der Waals surface area contributed by atoms with Gasteiger partial charge in [0.25, 0.3) is 5.91 Å². The van der Waals surface area contributed by atoms with E-state index in [0.717, 1.165) is 45.3 Å². The molecule has 1 saturated heterocycles. The molecule has 216 valence electrons. The Morgan fingerprint density at radius 3 is 2.65 bits per heavy atom. The van der Waals surface area contributed by atoms with Crippen LogP contribution in [0.15, 0.2) is 61.3 Å². The summed E-state index contributed by atoms with van der Waals surface area (Å²) in [7, 11) is 0. The molecule has 1 aliphatic heterocycles. The number of allylic oxidation sites excluding steroid dienone is 1. The summed E-state index contributed by atoms with van der Waals surface area (Å²) in [6.45, 7) is 9.99. The Kier molecular flexibility index (Phi) is 13.1. The molecule has 10 nitrogen and oxygen atoms in total. The zero-order valence-corrected chi connectivity index (χ0v) is 23.6. The van der Waals surface area contributed by atoms with Gasteiger partial charge in [-0.3, -0.25) is 14.5 Å². The second-order valence-electron chi connectivity index (χ2n) is 9.98. The number of anilines is 2. The van der Waals surface area contributed by atoms with Crippen LogP contribution in [-0.4, -0.2) is 71.5 Å². The fourth-order valence-corrected chi connectivity index (χ4v) is 4.51. The van der Waals surface area contributed by atoms with Crippen molar-refractivity contribution in [2.45, 2.75) is 57.7 Å². The lowest BCUT2D eigenvalue weighted by molar-refractivity contribution is -0.122. The molecule has 6 N–H and O–H groups in total. The van der Waals surface area contributed by atoms with Crippen LogP contribution in [0.5, 0.6) is 0 Å². The number of amides is 2. The molecular formula is C30H44N8O2. The molecule has 40 heavy (non-hydrogen) atoms. The van der Waals surface area contributed by atoms with Crippen molar-refractivity contribution in [2.75, 3.05) is 43.4 Å². The minimum absolute atomic E-state index is 0.103. The van der Waals surface area contributed by atoms with Gasteiger partial charge in [-0.15, -0.1) is 6.58 Å². The number of carbonyl (C=O) groups is 2. The zero-order valence-electron chi connectivity index (χ0n) is 23.6. The van der Waals surface area contributed by atoms with E-state index in [9.17, 15) is 9.59 Å². The second-order valence-corrected chi connectivity index (χ2v) is 9.98. The normalized spacial score (nSPS) is 14.9. The van der Waals surface area contributed by atoms with Crippen molar-refractivity contribution in [3.63, 3.8) is 0 Å². The number of benzene rings is 1. The van der Waals surface area contributed by atoms with Gasteiger partial charge in [-0.05, 0) is 44.6 Å². The van der Waals surface area contributed by atoms with Crippen LogP contribution in [0.3, 0.4) is 0 Å². The van der Waals surface area contributed by atoms with E-state index in [4.69, 9.17) is 5.73 Å². The molecule has 0 spiro atoms. The fourth-order valence-electron chi connectivity index (χ4n) is 4.51. The van der Waals surface area contributed by atoms with Crippen molar-refractivity contribution < 1.29 is 9.59 Å². The van der Waals surface area contributed by atoms with E-state index in [1.807, 2.05) is 25.1 Å². The predicted octanol–water partition coefficient (Wildman–Crippen LogP) is 3.07. The summed E-state index contributed by atoms with van der Waals surface area (Å²) in [6, 6.07) is 10.0. The maximum atomic E-state index is 13.2. The molecule has 0 saturated carbocycles. The number of hydrogen-bond acceptors (Lipinski definition) is 8. The topological polar surface area (TPSA) is 137 Å². The average molecular weight is 549 g/mol. The summed E-state index contributed by atoms with van der Waals surface area (Å²) >= 11 is 0. The fraction of sp³-hybridized carbons (Fsp3) is 0.467. The van der Waals surface area contributed by atoms with Crippen LogP contribution in [0.4, 0.5) is 11.8 Å². The van der Waals surface area contributed by atoms with Crippen LogP contribution in [-0.2, 0) is 11.3 Å². The smallest absolute Gasteiger partial charge is 0.256 e. The number of rotatable bonds is 16. The lowest BCUT2D eigenvalue weighted by Crippen LogP contribution is -2.44. The number of nitrogens with zero attached hydrogens (tertiary/aromatic N) is 3. The molecule has 1 aromatic carbocycles. The third kappa shape index (κ3) is 10.4. The Balaban J connectivity index is 1.50. The maximum Gasteiger partial charge on any atom is 0.256 e. The van der Waals surface area contributed by atoms with Crippen molar-refractivity contribution >= 4 is 23.6 Å². The number of carbonyl (C=O) groups excluding carboxylic acids is 2. The standard InChI is InChI=1S/C30H44N8O2/c1-3-5-17-33-29(40)26(31)13-9-10-18-32-27-25(21-35-30(37-27)34-16-4-2)28(39)36-24-14-19-38(20-15-24)22-23-11-7-6-8-12-23/h3-8,11-12,21,24,26H,2,9-10,13-20,22,31H2,1H3,(H,33,40)(H,36,39)(H2,32,34,35,37)/b5-3-/t26-/m0/s1.